The molecule has 3 rings (SSSR count). The molecule has 0 saturated carbocycles. The molecule has 2 N–H and O–H groups in total. The van der Waals surface area contributed by atoms with Crippen LogP contribution in [-0.2, 0) is 6.54 Å². The Labute approximate surface area is 149 Å². The molecule has 2 aromatic carbocycles. The van der Waals surface area contributed by atoms with E-state index in [1.807, 2.05) is 24.3 Å². The summed E-state index contributed by atoms with van der Waals surface area (Å²) in [5.74, 6) is 0. The Morgan fingerprint density at radius 1 is 0.958 bits per heavy atom. The Bertz CT molecular complexity index is 666. The van der Waals surface area contributed by atoms with Crippen molar-refractivity contribution in [3.8, 4) is 0 Å². The van der Waals surface area contributed by atoms with Crippen LogP contribution in [0.2, 0.25) is 0 Å². The van der Waals surface area contributed by atoms with Gasteiger partial charge in [0, 0.05) is 32.7 Å². The molecule has 0 radical (unpaired) electrons. The maximum Gasteiger partial charge on any atom is 0.171 e. The average molecular weight is 340 g/mol. The van der Waals surface area contributed by atoms with Crippen LogP contribution < -0.4 is 15.5 Å². The van der Waals surface area contributed by atoms with Crippen molar-refractivity contribution in [3.63, 3.8) is 0 Å². The van der Waals surface area contributed by atoms with Gasteiger partial charge in [0.15, 0.2) is 5.11 Å². The summed E-state index contributed by atoms with van der Waals surface area (Å²) < 4.78 is 0. The number of nitrogens with one attached hydrogen (secondary N) is 2. The molecule has 2 aromatic rings. The van der Waals surface area contributed by atoms with Crippen molar-refractivity contribution >= 4 is 28.7 Å². The van der Waals surface area contributed by atoms with Crippen molar-refractivity contribution < 1.29 is 0 Å². The third-order valence-electron chi connectivity index (χ3n) is 4.29. The first kappa shape index (κ1) is 16.7. The van der Waals surface area contributed by atoms with Gasteiger partial charge in [0.05, 0.1) is 11.4 Å². The van der Waals surface area contributed by atoms with Gasteiger partial charge in [-0.3, -0.25) is 0 Å². The highest BCUT2D eigenvalue weighted by Crippen LogP contribution is 2.26. The molecule has 4 nitrogen and oxygen atoms in total. The van der Waals surface area contributed by atoms with Gasteiger partial charge in [0.1, 0.15) is 0 Å². The van der Waals surface area contributed by atoms with Gasteiger partial charge in [-0.2, -0.15) is 0 Å². The quantitative estimate of drug-likeness (QED) is 0.836. The van der Waals surface area contributed by atoms with Crippen molar-refractivity contribution in [1.29, 1.82) is 0 Å². The fraction of sp³-hybridized carbons (Fsp3) is 0.316. The third kappa shape index (κ3) is 4.46. The lowest BCUT2D eigenvalue weighted by atomic mass is 10.2. The van der Waals surface area contributed by atoms with E-state index in [0.717, 1.165) is 38.4 Å². The summed E-state index contributed by atoms with van der Waals surface area (Å²) in [6, 6.07) is 18.7. The molecule has 0 spiro atoms. The van der Waals surface area contributed by atoms with Gasteiger partial charge in [0.2, 0.25) is 0 Å². The third-order valence-corrected chi connectivity index (χ3v) is 4.54. The van der Waals surface area contributed by atoms with E-state index in [1.165, 1.54) is 11.3 Å². The molecule has 1 saturated heterocycles. The van der Waals surface area contributed by atoms with Crippen LogP contribution in [0, 0.1) is 0 Å². The molecule has 0 bridgehead atoms. The number of likely N-dealkylation sites (N-methyl/N-ethyl adjacent to an activating group) is 1. The molecule has 0 atom stereocenters. The molecule has 1 fully saturated rings. The minimum Gasteiger partial charge on any atom is -0.367 e. The molecule has 0 amide bonds. The van der Waals surface area contributed by atoms with Gasteiger partial charge in [-0.15, -0.1) is 0 Å². The van der Waals surface area contributed by atoms with Gasteiger partial charge >= 0.3 is 0 Å². The van der Waals surface area contributed by atoms with E-state index in [9.17, 15) is 0 Å². The van der Waals surface area contributed by atoms with Gasteiger partial charge in [-0.05, 0) is 37.0 Å². The fourth-order valence-corrected chi connectivity index (χ4v) is 3.03. The Balaban J connectivity index is 1.61. The second kappa shape index (κ2) is 8.13. The van der Waals surface area contributed by atoms with E-state index < -0.39 is 0 Å². The summed E-state index contributed by atoms with van der Waals surface area (Å²) >= 11 is 5.47. The first-order chi connectivity index (χ1) is 11.7. The largest absolute Gasteiger partial charge is 0.367 e. The molecular formula is C19H24N4S. The highest BCUT2D eigenvalue weighted by atomic mass is 32.1. The van der Waals surface area contributed by atoms with Crippen LogP contribution in [0.3, 0.4) is 0 Å². The summed E-state index contributed by atoms with van der Waals surface area (Å²) in [4.78, 5) is 4.78. The average Bonchev–Trinajstić information content (AvgIpc) is 2.62. The second-order valence-corrected chi connectivity index (χ2v) is 6.51. The maximum atomic E-state index is 5.47. The van der Waals surface area contributed by atoms with Crippen molar-refractivity contribution in [2.45, 2.75) is 6.54 Å². The molecule has 1 aliphatic rings. The van der Waals surface area contributed by atoms with E-state index in [-0.39, 0.29) is 0 Å². The lowest BCUT2D eigenvalue weighted by Gasteiger charge is -2.35. The van der Waals surface area contributed by atoms with Gasteiger partial charge in [-0.1, -0.05) is 42.5 Å². The molecule has 126 valence electrons. The Hall–Kier alpha value is -2.11. The number of piperazine rings is 1. The van der Waals surface area contributed by atoms with Crippen LogP contribution >= 0.6 is 12.2 Å². The smallest absolute Gasteiger partial charge is 0.171 e. The monoisotopic (exact) mass is 340 g/mol. The van der Waals surface area contributed by atoms with Crippen LogP contribution in [-0.4, -0.2) is 43.2 Å². The zero-order valence-electron chi connectivity index (χ0n) is 14.0. The number of benzene rings is 2. The predicted molar refractivity (Wildman–Crippen MR) is 106 cm³/mol. The Morgan fingerprint density at radius 2 is 1.62 bits per heavy atom. The van der Waals surface area contributed by atoms with Crippen LogP contribution in [0.4, 0.5) is 11.4 Å². The first-order valence-electron chi connectivity index (χ1n) is 8.33. The van der Waals surface area contributed by atoms with Gasteiger partial charge < -0.3 is 20.4 Å². The summed E-state index contributed by atoms with van der Waals surface area (Å²) in [6.07, 6.45) is 0. The number of anilines is 2. The summed E-state index contributed by atoms with van der Waals surface area (Å²) in [7, 11) is 2.17. The molecular weight excluding hydrogens is 316 g/mol. The van der Waals surface area contributed by atoms with Crippen LogP contribution in [0.15, 0.2) is 54.6 Å². The lowest BCUT2D eigenvalue weighted by Crippen LogP contribution is -2.44. The zero-order chi connectivity index (χ0) is 16.8. The van der Waals surface area contributed by atoms with E-state index in [0.29, 0.717) is 5.11 Å². The first-order valence-corrected chi connectivity index (χ1v) is 8.74. The highest BCUT2D eigenvalue weighted by molar-refractivity contribution is 7.80. The molecule has 5 heteroatoms. The minimum absolute atomic E-state index is 0.653. The number of hydrogen-bond donors (Lipinski definition) is 2. The highest BCUT2D eigenvalue weighted by Gasteiger charge is 2.17. The van der Waals surface area contributed by atoms with Gasteiger partial charge in [0.25, 0.3) is 0 Å². The van der Waals surface area contributed by atoms with Crippen LogP contribution in [0.5, 0.6) is 0 Å². The number of rotatable bonds is 4. The Morgan fingerprint density at radius 3 is 2.38 bits per heavy atom. The zero-order valence-corrected chi connectivity index (χ0v) is 14.9. The van der Waals surface area contributed by atoms with E-state index in [4.69, 9.17) is 12.2 Å². The number of thiocarbonyl (C=S) groups is 1. The van der Waals surface area contributed by atoms with Crippen LogP contribution in [0.1, 0.15) is 5.56 Å². The number of para-hydroxylation sites is 2. The Kier molecular flexibility index (Phi) is 5.67. The fourth-order valence-electron chi connectivity index (χ4n) is 2.85. The normalized spacial score (nSPS) is 15.1. The minimum atomic E-state index is 0.653. The second-order valence-electron chi connectivity index (χ2n) is 6.10. The SMILES string of the molecule is CN1CCN(c2ccccc2NC(=S)NCc2ccccc2)CC1. The molecule has 0 unspecified atom stereocenters. The number of hydrogen-bond acceptors (Lipinski definition) is 3. The molecule has 0 aromatic heterocycles. The van der Waals surface area contributed by atoms with Crippen molar-refractivity contribution in [2.75, 3.05) is 43.4 Å². The summed E-state index contributed by atoms with van der Waals surface area (Å²) in [5, 5.41) is 7.29. The summed E-state index contributed by atoms with van der Waals surface area (Å²) in [6.45, 7) is 4.98. The molecule has 0 aliphatic carbocycles. The molecule has 24 heavy (non-hydrogen) atoms. The van der Waals surface area contributed by atoms with Crippen molar-refractivity contribution in [3.05, 3.63) is 60.2 Å². The standard InChI is InChI=1S/C19H24N4S/c1-22-11-13-23(14-12-22)18-10-6-5-9-17(18)21-19(24)20-15-16-7-3-2-4-8-16/h2-10H,11-15H2,1H3,(H2,20,21,24). The van der Waals surface area contributed by atoms with Crippen LogP contribution in [0.25, 0.3) is 0 Å². The van der Waals surface area contributed by atoms with E-state index in [1.54, 1.807) is 0 Å². The van der Waals surface area contributed by atoms with E-state index >= 15 is 0 Å². The van der Waals surface area contributed by atoms with E-state index in [2.05, 4.69) is 57.8 Å². The number of nitrogens with zero attached hydrogens (tertiary/aromatic N) is 2. The van der Waals surface area contributed by atoms with Gasteiger partial charge in [-0.25, -0.2) is 0 Å². The summed E-state index contributed by atoms with van der Waals surface area (Å²) in [5.41, 5.74) is 3.50. The molecule has 1 heterocycles. The topological polar surface area (TPSA) is 30.5 Å². The predicted octanol–water partition coefficient (Wildman–Crippen LogP) is 2.93. The molecule has 1 aliphatic heterocycles. The lowest BCUT2D eigenvalue weighted by molar-refractivity contribution is 0.313. The maximum absolute atomic E-state index is 5.47. The van der Waals surface area contributed by atoms with Crippen molar-refractivity contribution in [2.24, 2.45) is 0 Å². The van der Waals surface area contributed by atoms with Crippen molar-refractivity contribution in [1.82, 2.24) is 10.2 Å².